The molecule has 0 aliphatic heterocycles. The summed E-state index contributed by atoms with van der Waals surface area (Å²) in [6.07, 6.45) is 3.71. The van der Waals surface area contributed by atoms with E-state index in [1.165, 1.54) is 23.1 Å². The van der Waals surface area contributed by atoms with Crippen LogP contribution in [0, 0.1) is 11.3 Å². The van der Waals surface area contributed by atoms with Gasteiger partial charge in [0, 0.05) is 6.20 Å². The second-order valence-corrected chi connectivity index (χ2v) is 7.99. The number of rotatable bonds is 4. The van der Waals surface area contributed by atoms with Crippen LogP contribution in [0.25, 0.3) is 21.3 Å². The van der Waals surface area contributed by atoms with E-state index in [1.54, 1.807) is 6.20 Å². The molecule has 128 valence electrons. The molecule has 0 fully saturated rings. The van der Waals surface area contributed by atoms with Gasteiger partial charge in [-0.3, -0.25) is 4.40 Å². The van der Waals surface area contributed by atoms with Crippen LogP contribution in [0.1, 0.15) is 11.9 Å². The average Bonchev–Trinajstić information content (AvgIpc) is 3.26. The molecule has 4 aromatic rings. The van der Waals surface area contributed by atoms with Gasteiger partial charge in [-0.1, -0.05) is 30.0 Å². The van der Waals surface area contributed by atoms with Crippen molar-refractivity contribution in [2.75, 3.05) is 0 Å². The first-order chi connectivity index (χ1) is 12.7. The molecular formula is C19H14N4OS2. The Kier molecular flexibility index (Phi) is 4.37. The van der Waals surface area contributed by atoms with Crippen LogP contribution >= 0.6 is 23.1 Å². The van der Waals surface area contributed by atoms with Gasteiger partial charge in [0.05, 0.1) is 27.2 Å². The Hall–Kier alpha value is -2.82. The number of aliphatic hydroxyl groups is 1. The van der Waals surface area contributed by atoms with Gasteiger partial charge in [-0.05, 0) is 31.2 Å². The molecule has 0 bridgehead atoms. The lowest BCUT2D eigenvalue weighted by atomic mass is 10.2. The minimum atomic E-state index is -0.331. The van der Waals surface area contributed by atoms with E-state index in [1.807, 2.05) is 60.0 Å². The molecule has 0 amide bonds. The molecular weight excluding hydrogens is 364 g/mol. The Labute approximate surface area is 158 Å². The number of para-hydroxylation sites is 1. The molecule has 26 heavy (non-hydrogen) atoms. The highest BCUT2D eigenvalue weighted by atomic mass is 32.2. The molecule has 1 atom stereocenters. The van der Waals surface area contributed by atoms with E-state index in [0.29, 0.717) is 5.01 Å². The Morgan fingerprint density at radius 2 is 2.08 bits per heavy atom. The first-order valence-electron chi connectivity index (χ1n) is 7.95. The lowest BCUT2D eigenvalue weighted by Gasteiger charge is -2.11. The number of allylic oxidation sites excluding steroid dienone is 1. The number of fused-ring (bicyclic) bond motifs is 2. The fraction of sp³-hybridized carbons (Fsp3) is 0.105. The van der Waals surface area contributed by atoms with Crippen molar-refractivity contribution in [1.29, 1.82) is 5.26 Å². The van der Waals surface area contributed by atoms with Crippen molar-refractivity contribution >= 4 is 44.4 Å². The van der Waals surface area contributed by atoms with E-state index in [-0.39, 0.29) is 16.6 Å². The summed E-state index contributed by atoms with van der Waals surface area (Å²) in [5.74, 6) is 0.0178. The van der Waals surface area contributed by atoms with E-state index in [9.17, 15) is 10.4 Å². The fourth-order valence-electron chi connectivity index (χ4n) is 2.62. The standard InChI is InChI=1S/C19H14N4OS2/c1-12(25-19-21-11-13-6-4-5-9-23(13)19)17(24)14(10-20)18-22-15-7-2-3-8-16(15)26-18/h2-9,11-12,24H,1H3. The molecule has 1 aromatic carbocycles. The first-order valence-corrected chi connectivity index (χ1v) is 9.65. The van der Waals surface area contributed by atoms with Crippen LogP contribution in [0.3, 0.4) is 0 Å². The lowest BCUT2D eigenvalue weighted by Crippen LogP contribution is -2.05. The summed E-state index contributed by atoms with van der Waals surface area (Å²) in [6, 6.07) is 15.7. The quantitative estimate of drug-likeness (QED) is 0.310. The van der Waals surface area contributed by atoms with Gasteiger partial charge in [0.25, 0.3) is 0 Å². The number of benzene rings is 1. The number of nitriles is 1. The molecule has 5 nitrogen and oxygen atoms in total. The highest BCUT2D eigenvalue weighted by Gasteiger charge is 2.20. The maximum Gasteiger partial charge on any atom is 0.173 e. The average molecular weight is 378 g/mol. The van der Waals surface area contributed by atoms with Crippen LogP contribution < -0.4 is 0 Å². The van der Waals surface area contributed by atoms with E-state index in [2.05, 4.69) is 16.0 Å². The Balaban J connectivity index is 1.68. The number of hydrogen-bond donors (Lipinski definition) is 1. The lowest BCUT2D eigenvalue weighted by molar-refractivity contribution is 0.402. The van der Waals surface area contributed by atoms with E-state index >= 15 is 0 Å². The minimum absolute atomic E-state index is 0.0178. The molecule has 3 aromatic heterocycles. The normalized spacial score (nSPS) is 13.5. The summed E-state index contributed by atoms with van der Waals surface area (Å²) >= 11 is 2.81. The van der Waals surface area contributed by atoms with Crippen LogP contribution in [-0.2, 0) is 0 Å². The molecule has 0 aliphatic carbocycles. The molecule has 1 N–H and O–H groups in total. The fourth-order valence-corrected chi connectivity index (χ4v) is 4.53. The molecule has 0 spiro atoms. The zero-order valence-corrected chi connectivity index (χ0v) is 15.5. The van der Waals surface area contributed by atoms with Crippen molar-refractivity contribution in [2.24, 2.45) is 0 Å². The Morgan fingerprint density at radius 1 is 1.27 bits per heavy atom. The third kappa shape index (κ3) is 2.94. The van der Waals surface area contributed by atoms with Crippen molar-refractivity contribution in [3.05, 3.63) is 65.6 Å². The van der Waals surface area contributed by atoms with Crippen LogP contribution in [0.15, 0.2) is 65.8 Å². The van der Waals surface area contributed by atoms with Gasteiger partial charge in [-0.15, -0.1) is 11.3 Å². The van der Waals surface area contributed by atoms with E-state index in [0.717, 1.165) is 20.9 Å². The molecule has 0 saturated carbocycles. The summed E-state index contributed by atoms with van der Waals surface area (Å²) in [5.41, 5.74) is 2.03. The highest BCUT2D eigenvalue weighted by Crippen LogP contribution is 2.33. The van der Waals surface area contributed by atoms with Gasteiger partial charge in [-0.25, -0.2) is 9.97 Å². The van der Waals surface area contributed by atoms with Crippen LogP contribution in [0.4, 0.5) is 0 Å². The summed E-state index contributed by atoms with van der Waals surface area (Å²) in [5, 5.41) is 21.3. The topological polar surface area (TPSA) is 74.2 Å². The molecule has 1 unspecified atom stereocenters. The van der Waals surface area contributed by atoms with Gasteiger partial charge < -0.3 is 5.11 Å². The molecule has 0 saturated heterocycles. The smallest absolute Gasteiger partial charge is 0.173 e. The highest BCUT2D eigenvalue weighted by molar-refractivity contribution is 7.99. The van der Waals surface area contributed by atoms with E-state index in [4.69, 9.17) is 0 Å². The number of thioether (sulfide) groups is 1. The minimum Gasteiger partial charge on any atom is -0.510 e. The third-order valence-corrected chi connectivity index (χ3v) is 6.09. The SMILES string of the molecule is CC(Sc1ncc2ccccn12)C(O)=C(C#N)c1nc2ccccc2s1. The Bertz CT molecular complexity index is 1140. The zero-order valence-electron chi connectivity index (χ0n) is 13.8. The van der Waals surface area contributed by atoms with Gasteiger partial charge >= 0.3 is 0 Å². The van der Waals surface area contributed by atoms with Crippen molar-refractivity contribution in [2.45, 2.75) is 17.3 Å². The van der Waals surface area contributed by atoms with Gasteiger partial charge in [0.15, 0.2) is 5.16 Å². The summed E-state index contributed by atoms with van der Waals surface area (Å²) in [4.78, 5) is 8.89. The number of nitrogens with zero attached hydrogens (tertiary/aromatic N) is 4. The van der Waals surface area contributed by atoms with Crippen LogP contribution in [0.2, 0.25) is 0 Å². The van der Waals surface area contributed by atoms with Crippen molar-refractivity contribution in [1.82, 2.24) is 14.4 Å². The number of imidazole rings is 1. The zero-order chi connectivity index (χ0) is 18.1. The second-order valence-electron chi connectivity index (χ2n) is 5.66. The summed E-state index contributed by atoms with van der Waals surface area (Å²) in [7, 11) is 0. The number of aromatic nitrogens is 3. The van der Waals surface area contributed by atoms with Crippen molar-refractivity contribution < 1.29 is 5.11 Å². The monoisotopic (exact) mass is 378 g/mol. The van der Waals surface area contributed by atoms with Gasteiger partial charge in [0.2, 0.25) is 0 Å². The predicted octanol–water partition coefficient (Wildman–Crippen LogP) is 4.92. The molecule has 3 heterocycles. The second kappa shape index (κ2) is 6.83. The molecule has 4 rings (SSSR count). The van der Waals surface area contributed by atoms with Gasteiger partial charge in [-0.2, -0.15) is 5.26 Å². The maximum absolute atomic E-state index is 10.7. The molecule has 0 aliphatic rings. The number of hydrogen-bond acceptors (Lipinski definition) is 6. The number of thiazole rings is 1. The third-order valence-electron chi connectivity index (χ3n) is 3.95. The van der Waals surface area contributed by atoms with Crippen molar-refractivity contribution in [3.8, 4) is 6.07 Å². The first kappa shape index (κ1) is 16.6. The number of aliphatic hydroxyl groups excluding tert-OH is 1. The summed E-state index contributed by atoms with van der Waals surface area (Å²) < 4.78 is 2.95. The van der Waals surface area contributed by atoms with Crippen LogP contribution in [0.5, 0.6) is 0 Å². The maximum atomic E-state index is 10.7. The predicted molar refractivity (Wildman–Crippen MR) is 105 cm³/mol. The largest absolute Gasteiger partial charge is 0.510 e. The van der Waals surface area contributed by atoms with Crippen LogP contribution in [-0.4, -0.2) is 24.7 Å². The Morgan fingerprint density at radius 3 is 2.88 bits per heavy atom. The molecule has 7 heteroatoms. The molecule has 0 radical (unpaired) electrons. The van der Waals surface area contributed by atoms with Gasteiger partial charge in [0.1, 0.15) is 22.4 Å². The van der Waals surface area contributed by atoms with Crippen molar-refractivity contribution in [3.63, 3.8) is 0 Å². The van der Waals surface area contributed by atoms with E-state index < -0.39 is 0 Å². The number of pyridine rings is 1. The summed E-state index contributed by atoms with van der Waals surface area (Å²) in [6.45, 7) is 1.86.